The lowest BCUT2D eigenvalue weighted by Gasteiger charge is -2.22. The van der Waals surface area contributed by atoms with Gasteiger partial charge in [-0.05, 0) is 55.1 Å². The third-order valence-corrected chi connectivity index (χ3v) is 5.93. The van der Waals surface area contributed by atoms with Crippen molar-refractivity contribution in [3.63, 3.8) is 0 Å². The fraction of sp³-hybridized carbons (Fsp3) is 0.250. The van der Waals surface area contributed by atoms with Gasteiger partial charge in [0.25, 0.3) is 0 Å². The highest BCUT2D eigenvalue weighted by Gasteiger charge is 2.20. The van der Waals surface area contributed by atoms with E-state index in [1.165, 1.54) is 6.33 Å². The number of piperidine rings is 1. The van der Waals surface area contributed by atoms with Crippen LogP contribution >= 0.6 is 0 Å². The third kappa shape index (κ3) is 3.74. The number of nitrogens with zero attached hydrogens (tertiary/aromatic N) is 5. The molecule has 0 aliphatic carbocycles. The molecule has 1 aliphatic rings. The van der Waals surface area contributed by atoms with Crippen LogP contribution in [-0.2, 0) is 6.54 Å². The molecule has 4 aromatic rings. The smallest absolute Gasteiger partial charge is 0.163 e. The van der Waals surface area contributed by atoms with E-state index in [1.54, 1.807) is 0 Å². The molecule has 0 spiro atoms. The molecule has 0 bridgehead atoms. The molecule has 1 saturated heterocycles. The molecule has 3 N–H and O–H groups in total. The van der Waals surface area contributed by atoms with Crippen LogP contribution < -0.4 is 11.1 Å². The molecule has 7 nitrogen and oxygen atoms in total. The van der Waals surface area contributed by atoms with Crippen LogP contribution in [0.4, 0.5) is 5.82 Å². The minimum absolute atomic E-state index is 0.447. The molecular weight excluding hydrogens is 386 g/mol. The zero-order valence-corrected chi connectivity index (χ0v) is 17.1. The lowest BCUT2D eigenvalue weighted by atomic mass is 9.98. The van der Waals surface area contributed by atoms with Crippen LogP contribution in [0.2, 0.25) is 0 Å². The van der Waals surface area contributed by atoms with Crippen molar-refractivity contribution in [3.8, 4) is 28.5 Å². The first-order valence-corrected chi connectivity index (χ1v) is 10.5. The van der Waals surface area contributed by atoms with E-state index in [0.717, 1.165) is 65.9 Å². The molecule has 31 heavy (non-hydrogen) atoms. The highest BCUT2D eigenvalue weighted by Crippen LogP contribution is 2.32. The minimum atomic E-state index is 0.447. The van der Waals surface area contributed by atoms with Crippen molar-refractivity contribution in [2.45, 2.75) is 19.4 Å². The van der Waals surface area contributed by atoms with Gasteiger partial charge >= 0.3 is 0 Å². The Balaban J connectivity index is 1.53. The maximum Gasteiger partial charge on any atom is 0.163 e. The Bertz CT molecular complexity index is 1260. The first-order chi connectivity index (χ1) is 15.2. The highest BCUT2D eigenvalue weighted by molar-refractivity contribution is 5.98. The Labute approximate surface area is 180 Å². The standard InChI is InChI=1S/C24H23N7/c25-13-17-2-1-3-20(12-17)18-4-6-19(7-5-18)22-21-23(26)28-15-29-24(21)31(30-22)14-16-8-10-27-11-9-16/h1-7,12,15-16,27H,8-11,14H2,(H2,26,28,29). The summed E-state index contributed by atoms with van der Waals surface area (Å²) in [4.78, 5) is 8.71. The van der Waals surface area contributed by atoms with Crippen molar-refractivity contribution >= 4 is 16.9 Å². The number of benzene rings is 2. The molecule has 1 aliphatic heterocycles. The zero-order valence-electron chi connectivity index (χ0n) is 17.1. The van der Waals surface area contributed by atoms with E-state index in [1.807, 2.05) is 53.2 Å². The van der Waals surface area contributed by atoms with Gasteiger partial charge in [0, 0.05) is 12.1 Å². The van der Waals surface area contributed by atoms with Crippen molar-refractivity contribution in [1.82, 2.24) is 25.1 Å². The molecule has 5 rings (SSSR count). The average molecular weight is 409 g/mol. The van der Waals surface area contributed by atoms with Crippen molar-refractivity contribution in [2.24, 2.45) is 5.92 Å². The van der Waals surface area contributed by atoms with Gasteiger partial charge in [-0.15, -0.1) is 0 Å². The summed E-state index contributed by atoms with van der Waals surface area (Å²) in [5, 5.41) is 18.3. The molecule has 0 radical (unpaired) electrons. The maximum atomic E-state index is 9.16. The quantitative estimate of drug-likeness (QED) is 0.533. The Kier molecular flexibility index (Phi) is 5.06. The molecule has 7 heteroatoms. The summed E-state index contributed by atoms with van der Waals surface area (Å²) in [6, 6.07) is 18.0. The van der Waals surface area contributed by atoms with E-state index in [9.17, 15) is 0 Å². The van der Waals surface area contributed by atoms with E-state index in [2.05, 4.69) is 21.4 Å². The first kappa shape index (κ1) is 19.2. The number of anilines is 1. The predicted octanol–water partition coefficient (Wildman–Crippen LogP) is 3.61. The third-order valence-electron chi connectivity index (χ3n) is 5.93. The van der Waals surface area contributed by atoms with Gasteiger partial charge in [-0.3, -0.25) is 0 Å². The van der Waals surface area contributed by atoms with Crippen LogP contribution in [0.1, 0.15) is 18.4 Å². The van der Waals surface area contributed by atoms with Gasteiger partial charge in [0.2, 0.25) is 0 Å². The van der Waals surface area contributed by atoms with Gasteiger partial charge in [-0.1, -0.05) is 36.4 Å². The second-order valence-electron chi connectivity index (χ2n) is 7.95. The van der Waals surface area contributed by atoms with Crippen LogP contribution in [0.25, 0.3) is 33.4 Å². The number of rotatable bonds is 4. The number of hydrogen-bond acceptors (Lipinski definition) is 6. The predicted molar refractivity (Wildman–Crippen MR) is 121 cm³/mol. The summed E-state index contributed by atoms with van der Waals surface area (Å²) in [6.45, 7) is 2.91. The van der Waals surface area contributed by atoms with Crippen LogP contribution in [0.5, 0.6) is 0 Å². The van der Waals surface area contributed by atoms with Crippen molar-refractivity contribution in [1.29, 1.82) is 5.26 Å². The maximum absolute atomic E-state index is 9.16. The Morgan fingerprint density at radius 2 is 1.81 bits per heavy atom. The van der Waals surface area contributed by atoms with Crippen LogP contribution in [0, 0.1) is 17.2 Å². The van der Waals surface area contributed by atoms with Gasteiger partial charge in [-0.25, -0.2) is 14.6 Å². The van der Waals surface area contributed by atoms with Crippen molar-refractivity contribution in [2.75, 3.05) is 18.8 Å². The monoisotopic (exact) mass is 409 g/mol. The molecule has 0 unspecified atom stereocenters. The molecule has 0 saturated carbocycles. The highest BCUT2D eigenvalue weighted by atomic mass is 15.3. The topological polar surface area (TPSA) is 105 Å². The molecule has 2 aromatic heterocycles. The number of fused-ring (bicyclic) bond motifs is 1. The van der Waals surface area contributed by atoms with E-state index in [-0.39, 0.29) is 0 Å². The number of hydrogen-bond donors (Lipinski definition) is 2. The van der Waals surface area contributed by atoms with E-state index >= 15 is 0 Å². The van der Waals surface area contributed by atoms with Crippen molar-refractivity contribution < 1.29 is 0 Å². The van der Waals surface area contributed by atoms with Crippen molar-refractivity contribution in [3.05, 3.63) is 60.4 Å². The summed E-state index contributed by atoms with van der Waals surface area (Å²) in [5.41, 5.74) is 11.5. The normalized spacial score (nSPS) is 14.5. The van der Waals surface area contributed by atoms with Gasteiger partial charge in [0.1, 0.15) is 17.8 Å². The minimum Gasteiger partial charge on any atom is -0.383 e. The molecule has 154 valence electrons. The molecule has 0 amide bonds. The molecular formula is C24H23N7. The molecule has 3 heterocycles. The zero-order chi connectivity index (χ0) is 21.2. The Hall–Kier alpha value is -3.76. The number of nitriles is 1. The number of aromatic nitrogens is 4. The fourth-order valence-corrected chi connectivity index (χ4v) is 4.26. The van der Waals surface area contributed by atoms with E-state index in [0.29, 0.717) is 17.3 Å². The average Bonchev–Trinajstić information content (AvgIpc) is 3.19. The van der Waals surface area contributed by atoms with Gasteiger partial charge in [0.15, 0.2) is 5.65 Å². The largest absolute Gasteiger partial charge is 0.383 e. The lowest BCUT2D eigenvalue weighted by molar-refractivity contribution is 0.325. The molecule has 0 atom stereocenters. The number of nitrogens with two attached hydrogens (primary N) is 1. The van der Waals surface area contributed by atoms with Gasteiger partial charge in [-0.2, -0.15) is 10.4 Å². The van der Waals surface area contributed by atoms with Gasteiger partial charge in [0.05, 0.1) is 17.0 Å². The lowest BCUT2D eigenvalue weighted by Crippen LogP contribution is -2.30. The SMILES string of the molecule is N#Cc1cccc(-c2ccc(-c3nn(CC4CCNCC4)c4ncnc(N)c34)cc2)c1. The number of nitrogen functional groups attached to an aromatic ring is 1. The Morgan fingerprint density at radius 3 is 2.58 bits per heavy atom. The Morgan fingerprint density at radius 1 is 1.03 bits per heavy atom. The second kappa shape index (κ2) is 8.17. The van der Waals surface area contributed by atoms with Gasteiger partial charge < -0.3 is 11.1 Å². The van der Waals surface area contributed by atoms with E-state index in [4.69, 9.17) is 16.1 Å². The van der Waals surface area contributed by atoms with Crippen LogP contribution in [0.15, 0.2) is 54.9 Å². The summed E-state index contributed by atoms with van der Waals surface area (Å²) < 4.78 is 1.99. The summed E-state index contributed by atoms with van der Waals surface area (Å²) in [7, 11) is 0. The summed E-state index contributed by atoms with van der Waals surface area (Å²) in [5.74, 6) is 1.02. The molecule has 2 aromatic carbocycles. The summed E-state index contributed by atoms with van der Waals surface area (Å²) in [6.07, 6.45) is 3.77. The fourth-order valence-electron chi connectivity index (χ4n) is 4.26. The summed E-state index contributed by atoms with van der Waals surface area (Å²) >= 11 is 0. The number of nitrogens with one attached hydrogen (secondary N) is 1. The first-order valence-electron chi connectivity index (χ1n) is 10.5. The van der Waals surface area contributed by atoms with Crippen LogP contribution in [0.3, 0.4) is 0 Å². The molecule has 1 fully saturated rings. The van der Waals surface area contributed by atoms with E-state index < -0.39 is 0 Å². The second-order valence-corrected chi connectivity index (χ2v) is 7.95. The van der Waals surface area contributed by atoms with Crippen LogP contribution in [-0.4, -0.2) is 32.8 Å².